The first-order valence-corrected chi connectivity index (χ1v) is 10.0. The Morgan fingerprint density at radius 3 is 2.62 bits per heavy atom. The van der Waals surface area contributed by atoms with Gasteiger partial charge in [-0.05, 0) is 31.0 Å². The van der Waals surface area contributed by atoms with Gasteiger partial charge >= 0.3 is 0 Å². The average molecular weight is 352 g/mol. The smallest absolute Gasteiger partial charge is 0.253 e. The van der Waals surface area contributed by atoms with Crippen LogP contribution >= 0.6 is 0 Å². The Bertz CT molecular complexity index is 715. The van der Waals surface area contributed by atoms with Crippen molar-refractivity contribution >= 4 is 21.7 Å². The van der Waals surface area contributed by atoms with Crippen molar-refractivity contribution in [3.05, 3.63) is 35.4 Å². The quantitative estimate of drug-likeness (QED) is 0.840. The Hall–Kier alpha value is -1.89. The van der Waals surface area contributed by atoms with E-state index in [1.165, 1.54) is 0 Å². The number of nitrogens with zero attached hydrogens (tertiary/aromatic N) is 1. The van der Waals surface area contributed by atoms with Gasteiger partial charge in [-0.2, -0.15) is 0 Å². The summed E-state index contributed by atoms with van der Waals surface area (Å²) < 4.78 is 22.9. The molecule has 1 atom stereocenters. The lowest BCUT2D eigenvalue weighted by Gasteiger charge is -2.17. The van der Waals surface area contributed by atoms with Crippen molar-refractivity contribution in [3.8, 4) is 0 Å². The molecule has 0 radical (unpaired) electrons. The maximum absolute atomic E-state index is 12.4. The maximum atomic E-state index is 12.4. The summed E-state index contributed by atoms with van der Waals surface area (Å²) in [4.78, 5) is 26.3. The summed E-state index contributed by atoms with van der Waals surface area (Å²) in [6, 6.07) is 6.18. The minimum atomic E-state index is -3.04. The lowest BCUT2D eigenvalue weighted by molar-refractivity contribution is 0.0793. The van der Waals surface area contributed by atoms with E-state index in [1.54, 1.807) is 36.2 Å². The van der Waals surface area contributed by atoms with Crippen LogP contribution in [-0.4, -0.2) is 56.3 Å². The molecule has 2 amide bonds. The van der Waals surface area contributed by atoms with Gasteiger partial charge < -0.3 is 10.2 Å². The van der Waals surface area contributed by atoms with Crippen molar-refractivity contribution < 1.29 is 18.0 Å². The molecule has 2 rings (SSSR count). The van der Waals surface area contributed by atoms with Crippen LogP contribution in [0.15, 0.2) is 24.3 Å². The van der Waals surface area contributed by atoms with E-state index in [4.69, 9.17) is 0 Å². The summed E-state index contributed by atoms with van der Waals surface area (Å²) in [5.41, 5.74) is 0.828. The first-order chi connectivity index (χ1) is 11.3. The molecule has 1 fully saturated rings. The molecule has 0 bridgehead atoms. The zero-order valence-electron chi connectivity index (χ0n) is 14.1. The third-order valence-electron chi connectivity index (χ3n) is 4.13. The van der Waals surface area contributed by atoms with Gasteiger partial charge in [0.25, 0.3) is 11.8 Å². The number of carbonyl (C=O) groups is 2. The average Bonchev–Trinajstić information content (AvgIpc) is 2.90. The molecule has 7 heteroatoms. The Morgan fingerprint density at radius 2 is 2.00 bits per heavy atom. The second kappa shape index (κ2) is 7.79. The lowest BCUT2D eigenvalue weighted by atomic mass is 10.1. The molecule has 1 aromatic carbocycles. The molecule has 132 valence electrons. The normalized spacial score (nSPS) is 19.0. The van der Waals surface area contributed by atoms with Crippen LogP contribution in [0.25, 0.3) is 0 Å². The predicted molar refractivity (Wildman–Crippen MR) is 92.8 cm³/mol. The van der Waals surface area contributed by atoms with Crippen molar-refractivity contribution in [1.29, 1.82) is 0 Å². The first kappa shape index (κ1) is 18.4. The minimum Gasteiger partial charge on any atom is -0.348 e. The van der Waals surface area contributed by atoms with Crippen LogP contribution in [0.4, 0.5) is 0 Å². The number of amides is 2. The number of unbranched alkanes of at least 4 members (excludes halogenated alkanes) is 1. The van der Waals surface area contributed by atoms with Crippen molar-refractivity contribution in [3.63, 3.8) is 0 Å². The van der Waals surface area contributed by atoms with Gasteiger partial charge in [-0.15, -0.1) is 0 Å². The zero-order chi connectivity index (χ0) is 17.7. The van der Waals surface area contributed by atoms with Crippen LogP contribution < -0.4 is 5.32 Å². The van der Waals surface area contributed by atoms with E-state index in [2.05, 4.69) is 12.2 Å². The molecular formula is C17H24N2O4S. The molecule has 1 saturated heterocycles. The summed E-state index contributed by atoms with van der Waals surface area (Å²) in [7, 11) is -1.30. The maximum Gasteiger partial charge on any atom is 0.253 e. The van der Waals surface area contributed by atoms with Gasteiger partial charge in [-0.1, -0.05) is 19.4 Å². The van der Waals surface area contributed by atoms with E-state index in [-0.39, 0.29) is 29.4 Å². The van der Waals surface area contributed by atoms with Crippen LogP contribution in [0.5, 0.6) is 0 Å². The molecule has 1 unspecified atom stereocenters. The number of hydrogen-bond donors (Lipinski definition) is 1. The van der Waals surface area contributed by atoms with Crippen molar-refractivity contribution in [1.82, 2.24) is 10.2 Å². The molecule has 1 aliphatic heterocycles. The van der Waals surface area contributed by atoms with Gasteiger partial charge in [0.15, 0.2) is 9.84 Å². The fraction of sp³-hybridized carbons (Fsp3) is 0.529. The summed E-state index contributed by atoms with van der Waals surface area (Å²) in [6.07, 6.45) is 2.37. The monoisotopic (exact) mass is 352 g/mol. The highest BCUT2D eigenvalue weighted by molar-refractivity contribution is 7.91. The number of carbonyl (C=O) groups excluding carboxylic acids is 2. The van der Waals surface area contributed by atoms with Crippen molar-refractivity contribution in [2.75, 3.05) is 25.1 Å². The number of sulfone groups is 1. The van der Waals surface area contributed by atoms with Crippen LogP contribution in [0, 0.1) is 0 Å². The number of rotatable bonds is 6. The van der Waals surface area contributed by atoms with Gasteiger partial charge in [-0.3, -0.25) is 9.59 Å². The molecule has 1 heterocycles. The van der Waals surface area contributed by atoms with Crippen LogP contribution in [0.3, 0.4) is 0 Å². The number of nitrogens with one attached hydrogen (secondary N) is 1. The van der Waals surface area contributed by atoms with Gasteiger partial charge in [0.2, 0.25) is 0 Å². The molecule has 0 spiro atoms. The van der Waals surface area contributed by atoms with Gasteiger partial charge in [-0.25, -0.2) is 8.42 Å². The molecular weight excluding hydrogens is 328 g/mol. The molecule has 0 aromatic heterocycles. The van der Waals surface area contributed by atoms with E-state index in [1.807, 2.05) is 0 Å². The zero-order valence-corrected chi connectivity index (χ0v) is 14.9. The summed E-state index contributed by atoms with van der Waals surface area (Å²) >= 11 is 0. The topological polar surface area (TPSA) is 83.6 Å². The van der Waals surface area contributed by atoms with Crippen molar-refractivity contribution in [2.24, 2.45) is 0 Å². The molecule has 6 nitrogen and oxygen atoms in total. The van der Waals surface area contributed by atoms with E-state index in [9.17, 15) is 18.0 Å². The fourth-order valence-corrected chi connectivity index (χ4v) is 4.36. The molecule has 1 aromatic rings. The minimum absolute atomic E-state index is 0.0167. The first-order valence-electron chi connectivity index (χ1n) is 8.19. The highest BCUT2D eigenvalue weighted by Gasteiger charge is 2.29. The Morgan fingerprint density at radius 1 is 1.29 bits per heavy atom. The lowest BCUT2D eigenvalue weighted by Crippen LogP contribution is -2.35. The van der Waals surface area contributed by atoms with E-state index in [0.29, 0.717) is 24.1 Å². The molecule has 0 aliphatic carbocycles. The standard InChI is InChI=1S/C17H24N2O4S/c1-3-4-9-19(2)17(21)14-7-5-6-13(11-14)16(20)18-15-8-10-24(22,23)12-15/h5-7,11,15H,3-4,8-10,12H2,1-2H3,(H,18,20). The third kappa shape index (κ3) is 4.80. The van der Waals surface area contributed by atoms with Crippen LogP contribution in [-0.2, 0) is 9.84 Å². The predicted octanol–water partition coefficient (Wildman–Crippen LogP) is 1.48. The van der Waals surface area contributed by atoms with Gasteiger partial charge in [0.1, 0.15) is 0 Å². The Labute approximate surface area is 143 Å². The summed E-state index contributed by atoms with van der Waals surface area (Å²) in [5, 5.41) is 2.74. The molecule has 24 heavy (non-hydrogen) atoms. The van der Waals surface area contributed by atoms with Crippen molar-refractivity contribution in [2.45, 2.75) is 32.2 Å². The number of benzene rings is 1. The number of hydrogen-bond acceptors (Lipinski definition) is 4. The molecule has 0 saturated carbocycles. The SMILES string of the molecule is CCCCN(C)C(=O)c1cccc(C(=O)NC2CCS(=O)(=O)C2)c1. The van der Waals surface area contributed by atoms with Gasteiger partial charge in [0.05, 0.1) is 11.5 Å². The summed E-state index contributed by atoms with van der Waals surface area (Å²) in [5.74, 6) is -0.375. The highest BCUT2D eigenvalue weighted by atomic mass is 32.2. The Balaban J connectivity index is 2.04. The van der Waals surface area contributed by atoms with E-state index in [0.717, 1.165) is 12.8 Å². The van der Waals surface area contributed by atoms with E-state index < -0.39 is 9.84 Å². The highest BCUT2D eigenvalue weighted by Crippen LogP contribution is 2.13. The molecule has 1 N–H and O–H groups in total. The third-order valence-corrected chi connectivity index (χ3v) is 5.90. The second-order valence-corrected chi connectivity index (χ2v) is 8.46. The largest absolute Gasteiger partial charge is 0.348 e. The van der Waals surface area contributed by atoms with Crippen LogP contribution in [0.1, 0.15) is 46.9 Å². The molecule has 1 aliphatic rings. The van der Waals surface area contributed by atoms with E-state index >= 15 is 0 Å². The van der Waals surface area contributed by atoms with Gasteiger partial charge in [0, 0.05) is 30.8 Å². The van der Waals surface area contributed by atoms with Crippen LogP contribution in [0.2, 0.25) is 0 Å². The second-order valence-electron chi connectivity index (χ2n) is 6.23. The fourth-order valence-electron chi connectivity index (χ4n) is 2.69. The Kier molecular flexibility index (Phi) is 5.99. The summed E-state index contributed by atoms with van der Waals surface area (Å²) in [6.45, 7) is 2.73.